The Morgan fingerprint density at radius 3 is 2.76 bits per heavy atom. The fraction of sp³-hybridized carbons (Fsp3) is 0.320. The van der Waals surface area contributed by atoms with Crippen LogP contribution < -0.4 is 16.0 Å². The van der Waals surface area contributed by atoms with Gasteiger partial charge in [0.15, 0.2) is 6.29 Å². The standard InChI is InChI=1S/C25H24N6O6S/c1-14-20-23(32)30(12-18-27-13-28-29-18)25(33)31(24(20)38-21(14)22-26-8-10-36-22)11-17(37-19-7-9-35-19)15-5-3-4-6-16(15)34-2/h3-6,8,10,13,17,19H,7,9,11-12H2,1-2H3,(H,27,28,29)/t17-,19?/m0/s1. The molecule has 12 nitrogen and oxygen atoms in total. The summed E-state index contributed by atoms with van der Waals surface area (Å²) in [6.45, 7) is 2.48. The van der Waals surface area contributed by atoms with Gasteiger partial charge in [0.25, 0.3) is 5.56 Å². The van der Waals surface area contributed by atoms with Gasteiger partial charge in [-0.05, 0) is 18.6 Å². The number of ether oxygens (including phenoxy) is 3. The van der Waals surface area contributed by atoms with Crippen LogP contribution in [0.25, 0.3) is 21.0 Å². The van der Waals surface area contributed by atoms with Gasteiger partial charge in [-0.1, -0.05) is 18.2 Å². The average molecular weight is 537 g/mol. The summed E-state index contributed by atoms with van der Waals surface area (Å²) in [6, 6.07) is 7.49. The maximum absolute atomic E-state index is 13.9. The monoisotopic (exact) mass is 536 g/mol. The van der Waals surface area contributed by atoms with Crippen LogP contribution in [0.2, 0.25) is 0 Å². The second kappa shape index (κ2) is 10.0. The van der Waals surface area contributed by atoms with E-state index in [0.717, 1.165) is 16.6 Å². The Labute approximate surface area is 219 Å². The van der Waals surface area contributed by atoms with Crippen LogP contribution in [0.4, 0.5) is 0 Å². The zero-order chi connectivity index (χ0) is 26.2. The number of rotatable bonds is 9. The molecule has 13 heteroatoms. The fourth-order valence-corrected chi connectivity index (χ4v) is 5.75. The number of hydrogen-bond donors (Lipinski definition) is 1. The van der Waals surface area contributed by atoms with E-state index in [4.69, 9.17) is 18.6 Å². The van der Waals surface area contributed by atoms with Crippen molar-refractivity contribution in [2.45, 2.75) is 38.8 Å². The summed E-state index contributed by atoms with van der Waals surface area (Å²) < 4.78 is 25.7. The number of H-pyrrole nitrogens is 1. The number of aryl methyl sites for hydroxylation is 1. The molecule has 1 fully saturated rings. The lowest BCUT2D eigenvalue weighted by atomic mass is 10.1. The number of hydrogen-bond acceptors (Lipinski definition) is 10. The number of nitrogens with one attached hydrogen (secondary N) is 1. The van der Waals surface area contributed by atoms with Crippen molar-refractivity contribution in [1.82, 2.24) is 29.3 Å². The van der Waals surface area contributed by atoms with Gasteiger partial charge in [-0.15, -0.1) is 11.3 Å². The Kier molecular flexibility index (Phi) is 6.39. The van der Waals surface area contributed by atoms with Gasteiger partial charge in [0, 0.05) is 12.0 Å². The first kappa shape index (κ1) is 24.3. The summed E-state index contributed by atoms with van der Waals surface area (Å²) in [5.41, 5.74) is 0.507. The Morgan fingerprint density at radius 1 is 1.24 bits per heavy atom. The lowest BCUT2D eigenvalue weighted by Gasteiger charge is -2.32. The molecule has 0 radical (unpaired) electrons. The van der Waals surface area contributed by atoms with Crippen LogP contribution in [0.5, 0.6) is 5.75 Å². The zero-order valence-electron chi connectivity index (χ0n) is 20.6. The first-order valence-corrected chi connectivity index (χ1v) is 12.8. The van der Waals surface area contributed by atoms with Gasteiger partial charge in [0.2, 0.25) is 5.89 Å². The van der Waals surface area contributed by atoms with Crippen LogP contribution >= 0.6 is 11.3 Å². The number of methoxy groups -OCH3 is 1. The van der Waals surface area contributed by atoms with Crippen molar-refractivity contribution >= 4 is 21.6 Å². The van der Waals surface area contributed by atoms with E-state index in [0.29, 0.717) is 44.7 Å². The van der Waals surface area contributed by atoms with Crippen molar-refractivity contribution < 1.29 is 18.6 Å². The summed E-state index contributed by atoms with van der Waals surface area (Å²) in [6.07, 6.45) is 4.09. The van der Waals surface area contributed by atoms with Crippen molar-refractivity contribution in [2.24, 2.45) is 0 Å². The van der Waals surface area contributed by atoms with Crippen LogP contribution in [0, 0.1) is 6.92 Å². The molecule has 1 unspecified atom stereocenters. The molecule has 0 amide bonds. The largest absolute Gasteiger partial charge is 0.496 e. The van der Waals surface area contributed by atoms with Gasteiger partial charge in [0.1, 0.15) is 35.1 Å². The molecule has 6 rings (SSSR count). The lowest BCUT2D eigenvalue weighted by molar-refractivity contribution is -0.239. The number of aromatic amines is 1. The second-order valence-corrected chi connectivity index (χ2v) is 9.75. The zero-order valence-corrected chi connectivity index (χ0v) is 21.4. The highest BCUT2D eigenvalue weighted by Gasteiger charge is 2.29. The van der Waals surface area contributed by atoms with E-state index in [1.54, 1.807) is 17.9 Å². The topological polar surface area (TPSA) is 139 Å². The minimum atomic E-state index is -0.596. The predicted octanol–water partition coefficient (Wildman–Crippen LogP) is 2.87. The summed E-state index contributed by atoms with van der Waals surface area (Å²) in [5, 5.41) is 6.97. The minimum Gasteiger partial charge on any atom is -0.496 e. The van der Waals surface area contributed by atoms with E-state index in [2.05, 4.69) is 20.2 Å². The Hall–Kier alpha value is -4.07. The van der Waals surface area contributed by atoms with E-state index in [9.17, 15) is 9.59 Å². The molecule has 5 aromatic rings. The van der Waals surface area contributed by atoms with Gasteiger partial charge < -0.3 is 18.6 Å². The first-order chi connectivity index (χ1) is 18.5. The summed E-state index contributed by atoms with van der Waals surface area (Å²) in [7, 11) is 1.59. The van der Waals surface area contributed by atoms with Gasteiger partial charge in [-0.2, -0.15) is 5.10 Å². The fourth-order valence-electron chi connectivity index (χ4n) is 4.51. The molecule has 1 aliphatic heterocycles. The molecule has 1 aliphatic rings. The Balaban J connectivity index is 1.55. The Bertz CT molecular complexity index is 1680. The number of thiophene rings is 1. The van der Waals surface area contributed by atoms with Gasteiger partial charge in [0.05, 0.1) is 43.3 Å². The molecule has 1 saturated heterocycles. The molecule has 196 valence electrons. The van der Waals surface area contributed by atoms with Crippen molar-refractivity contribution in [3.8, 4) is 16.5 Å². The van der Waals surface area contributed by atoms with E-state index < -0.39 is 23.6 Å². The number of nitrogens with zero attached hydrogens (tertiary/aromatic N) is 5. The number of fused-ring (bicyclic) bond motifs is 1. The van der Waals surface area contributed by atoms with E-state index in [-0.39, 0.29) is 13.1 Å². The molecule has 0 saturated carbocycles. The molecule has 0 bridgehead atoms. The Morgan fingerprint density at radius 2 is 2.08 bits per heavy atom. The normalized spacial score (nSPS) is 16.0. The summed E-state index contributed by atoms with van der Waals surface area (Å²) in [4.78, 5) is 37.2. The van der Waals surface area contributed by atoms with Crippen molar-refractivity contribution in [3.63, 3.8) is 0 Å². The van der Waals surface area contributed by atoms with Gasteiger partial charge >= 0.3 is 5.69 Å². The van der Waals surface area contributed by atoms with Gasteiger partial charge in [-0.3, -0.25) is 19.0 Å². The second-order valence-electron chi connectivity index (χ2n) is 8.75. The molecule has 38 heavy (non-hydrogen) atoms. The smallest absolute Gasteiger partial charge is 0.332 e. The van der Waals surface area contributed by atoms with Crippen LogP contribution in [0.15, 0.2) is 57.1 Å². The van der Waals surface area contributed by atoms with E-state index in [1.807, 2.05) is 31.2 Å². The molecule has 1 aromatic carbocycles. The van der Waals surface area contributed by atoms with Crippen LogP contribution in [0.3, 0.4) is 0 Å². The quantitative estimate of drug-likeness (QED) is 0.301. The molecular formula is C25H24N6O6S. The maximum Gasteiger partial charge on any atom is 0.332 e. The third-order valence-electron chi connectivity index (χ3n) is 6.50. The first-order valence-electron chi connectivity index (χ1n) is 12.0. The lowest BCUT2D eigenvalue weighted by Crippen LogP contribution is -2.42. The SMILES string of the molecule is COc1ccccc1[C@H](Cn1c(=O)n(Cc2ncn[nH]2)c(=O)c2c(C)c(-c3ncco3)sc21)OC1CCO1. The molecule has 0 aliphatic carbocycles. The average Bonchev–Trinajstić information content (AvgIpc) is 3.67. The molecular weight excluding hydrogens is 512 g/mol. The molecule has 4 aromatic heterocycles. The minimum absolute atomic E-state index is 0.0663. The predicted molar refractivity (Wildman–Crippen MR) is 137 cm³/mol. The molecule has 0 spiro atoms. The van der Waals surface area contributed by atoms with Crippen molar-refractivity contribution in [1.29, 1.82) is 0 Å². The third-order valence-corrected chi connectivity index (χ3v) is 7.80. The van der Waals surface area contributed by atoms with Crippen LogP contribution in [-0.2, 0) is 22.6 Å². The maximum atomic E-state index is 13.9. The highest BCUT2D eigenvalue weighted by atomic mass is 32.1. The number of para-hydroxylation sites is 1. The van der Waals surface area contributed by atoms with Crippen LogP contribution in [-0.4, -0.2) is 49.3 Å². The highest BCUT2D eigenvalue weighted by Crippen LogP contribution is 2.37. The summed E-state index contributed by atoms with van der Waals surface area (Å²) >= 11 is 1.28. The number of aromatic nitrogens is 6. The third kappa shape index (κ3) is 4.23. The number of benzene rings is 1. The van der Waals surface area contributed by atoms with E-state index in [1.165, 1.54) is 23.9 Å². The van der Waals surface area contributed by atoms with Gasteiger partial charge in [-0.25, -0.2) is 14.8 Å². The van der Waals surface area contributed by atoms with E-state index >= 15 is 0 Å². The van der Waals surface area contributed by atoms with Crippen molar-refractivity contribution in [2.75, 3.05) is 13.7 Å². The molecule has 1 N–H and O–H groups in total. The number of oxazole rings is 1. The molecule has 5 heterocycles. The van der Waals surface area contributed by atoms with Crippen LogP contribution in [0.1, 0.15) is 29.5 Å². The highest BCUT2D eigenvalue weighted by molar-refractivity contribution is 7.22. The van der Waals surface area contributed by atoms with Crippen molar-refractivity contribution in [3.05, 3.63) is 80.8 Å². The molecule has 2 atom stereocenters. The summed E-state index contributed by atoms with van der Waals surface area (Å²) in [5.74, 6) is 1.39.